The fourth-order valence-electron chi connectivity index (χ4n) is 4.89. The Balaban J connectivity index is 0.000000381. The number of likely N-dealkylation sites (N-methyl/N-ethyl adjacent to an activating group) is 1. The highest BCUT2D eigenvalue weighted by atomic mass is 32.2. The Labute approximate surface area is 252 Å². The SMILES string of the molecule is C[N+]12CC[N+](F)(CC1)[C@H](c1ccc(C(F)(F)F)cc1)[C@H]2c1ccc(C(F)(F)F)cc1.O=S(=O)([O-])C(F)(F)F.O=S(=O)([O-])C(F)(F)F. The van der Waals surface area contributed by atoms with E-state index < -0.39 is 71.5 Å². The summed E-state index contributed by atoms with van der Waals surface area (Å²) in [4.78, 5) is 0. The van der Waals surface area contributed by atoms with Crippen molar-refractivity contribution in [2.45, 2.75) is 35.5 Å². The van der Waals surface area contributed by atoms with Crippen molar-refractivity contribution < 1.29 is 92.3 Å². The molecule has 3 aliphatic heterocycles. The van der Waals surface area contributed by atoms with Crippen LogP contribution in [0.15, 0.2) is 48.5 Å². The quantitative estimate of drug-likeness (QED) is 0.127. The normalized spacial score (nSPS) is 25.6. The molecule has 3 aliphatic rings. The fourth-order valence-corrected chi connectivity index (χ4v) is 4.89. The number of rotatable bonds is 2. The van der Waals surface area contributed by atoms with Crippen LogP contribution in [-0.4, -0.2) is 79.4 Å². The molecule has 3 heterocycles. The summed E-state index contributed by atoms with van der Waals surface area (Å²) >= 11 is 0. The molecule has 8 nitrogen and oxygen atoms in total. The summed E-state index contributed by atoms with van der Waals surface area (Å²) in [6.07, 6.45) is -8.98. The van der Waals surface area contributed by atoms with Gasteiger partial charge in [-0.15, -0.1) is 4.71 Å². The molecule has 2 bridgehead atoms. The molecule has 0 spiro atoms. The lowest BCUT2D eigenvalue weighted by molar-refractivity contribution is -1.18. The highest BCUT2D eigenvalue weighted by molar-refractivity contribution is 7.86. The number of alkyl halides is 12. The van der Waals surface area contributed by atoms with E-state index in [0.717, 1.165) is 24.3 Å². The van der Waals surface area contributed by atoms with Gasteiger partial charge in [0.25, 0.3) is 0 Å². The van der Waals surface area contributed by atoms with Gasteiger partial charge in [0.1, 0.15) is 13.1 Å². The van der Waals surface area contributed by atoms with E-state index in [4.69, 9.17) is 25.9 Å². The highest BCUT2D eigenvalue weighted by Gasteiger charge is 2.63. The molecule has 3 fully saturated rings. The van der Waals surface area contributed by atoms with E-state index in [0.29, 0.717) is 28.7 Å². The van der Waals surface area contributed by atoms with Gasteiger partial charge in [0.2, 0.25) is 6.04 Å². The average molecular weight is 733 g/mol. The predicted molar refractivity (Wildman–Crippen MR) is 127 cm³/mol. The number of halogens is 13. The molecular weight excluding hydrogens is 711 g/mol. The van der Waals surface area contributed by atoms with Gasteiger partial charge in [-0.25, -0.2) is 16.8 Å². The number of nitrogens with zero attached hydrogens (tertiary/aromatic N) is 2. The Kier molecular flexibility index (Phi) is 10.9. The van der Waals surface area contributed by atoms with E-state index in [9.17, 15) is 52.7 Å². The molecular formula is C23H21F13N2O6S2. The second-order valence-electron chi connectivity index (χ2n) is 10.2. The summed E-state index contributed by atoms with van der Waals surface area (Å²) in [7, 11) is -10.2. The zero-order chi connectivity index (χ0) is 35.9. The van der Waals surface area contributed by atoms with Crippen molar-refractivity contribution in [1.29, 1.82) is 0 Å². The standard InChI is InChI=1S/C21H21F7N2.2CHF3O3S/c1-29-10-12-30(28,13-11-29)19(15-4-8-17(9-5-15)21(25,26)27)18(29)14-2-6-16(7-3-14)20(22,23)24;2*2-1(3,4)8(5,6)7/h2-9,18-19H,10-13H2,1H3;2*(H,5,6,7)/q+2;;/p-2/t18-,19-,29?,30?;;/m1../s1. The van der Waals surface area contributed by atoms with Gasteiger partial charge in [0, 0.05) is 11.1 Å². The third kappa shape index (κ3) is 9.20. The van der Waals surface area contributed by atoms with Crippen molar-refractivity contribution in [2.75, 3.05) is 33.2 Å². The summed E-state index contributed by atoms with van der Waals surface area (Å²) < 4.78 is 211. The molecule has 0 saturated carbocycles. The summed E-state index contributed by atoms with van der Waals surface area (Å²) in [5.74, 6) is 0. The number of benzene rings is 2. The Bertz CT molecular complexity index is 1440. The number of hydrogen-bond donors (Lipinski definition) is 0. The van der Waals surface area contributed by atoms with Crippen LogP contribution < -0.4 is 0 Å². The molecule has 23 heteroatoms. The third-order valence-corrected chi connectivity index (χ3v) is 8.29. The Morgan fingerprint density at radius 3 is 1.07 bits per heavy atom. The maximum absolute atomic E-state index is 15.9. The largest absolute Gasteiger partial charge is 0.741 e. The molecule has 0 unspecified atom stereocenters. The van der Waals surface area contributed by atoms with E-state index >= 15 is 4.48 Å². The minimum Gasteiger partial charge on any atom is -0.741 e. The van der Waals surface area contributed by atoms with Crippen LogP contribution in [0.3, 0.4) is 0 Å². The summed E-state index contributed by atoms with van der Waals surface area (Å²) in [5.41, 5.74) is -11.9. The van der Waals surface area contributed by atoms with Crippen molar-refractivity contribution in [3.8, 4) is 0 Å². The zero-order valence-corrected chi connectivity index (χ0v) is 24.3. The van der Waals surface area contributed by atoms with Crippen LogP contribution in [0.4, 0.5) is 57.2 Å². The first-order valence-electron chi connectivity index (χ1n) is 12.1. The first kappa shape index (κ1) is 39.4. The fraction of sp³-hybridized carbons (Fsp3) is 0.478. The van der Waals surface area contributed by atoms with E-state index in [1.807, 2.05) is 7.05 Å². The predicted octanol–water partition coefficient (Wildman–Crippen LogP) is 5.78. The van der Waals surface area contributed by atoms with Gasteiger partial charge < -0.3 is 13.6 Å². The van der Waals surface area contributed by atoms with Crippen LogP contribution in [0.1, 0.15) is 34.3 Å². The van der Waals surface area contributed by atoms with Gasteiger partial charge in [-0.2, -0.15) is 52.7 Å². The molecule has 0 amide bonds. The molecule has 5 rings (SSSR count). The molecule has 3 saturated heterocycles. The number of fused-ring (bicyclic) bond motifs is 3. The van der Waals surface area contributed by atoms with Gasteiger partial charge in [0.15, 0.2) is 39.4 Å². The van der Waals surface area contributed by atoms with Gasteiger partial charge in [-0.1, -0.05) is 24.3 Å². The molecule has 262 valence electrons. The van der Waals surface area contributed by atoms with Crippen LogP contribution in [0.5, 0.6) is 0 Å². The maximum atomic E-state index is 15.9. The number of piperazine rings is 3. The van der Waals surface area contributed by atoms with Crippen LogP contribution in [0.25, 0.3) is 0 Å². The van der Waals surface area contributed by atoms with Crippen LogP contribution >= 0.6 is 0 Å². The van der Waals surface area contributed by atoms with Crippen molar-refractivity contribution >= 4 is 20.2 Å². The molecule has 2 aromatic rings. The van der Waals surface area contributed by atoms with E-state index in [2.05, 4.69) is 0 Å². The third-order valence-electron chi connectivity index (χ3n) is 7.16. The monoisotopic (exact) mass is 732 g/mol. The topological polar surface area (TPSA) is 114 Å². The van der Waals surface area contributed by atoms with E-state index in [1.165, 1.54) is 24.3 Å². The van der Waals surface area contributed by atoms with Crippen molar-refractivity contribution in [1.82, 2.24) is 0 Å². The van der Waals surface area contributed by atoms with Crippen molar-refractivity contribution in [3.63, 3.8) is 0 Å². The van der Waals surface area contributed by atoms with Crippen molar-refractivity contribution in [3.05, 3.63) is 70.8 Å². The van der Waals surface area contributed by atoms with E-state index in [-0.39, 0.29) is 13.1 Å². The maximum Gasteiger partial charge on any atom is 0.485 e. The molecule has 0 radical (unpaired) electrons. The minimum atomic E-state index is -6.09. The Morgan fingerprint density at radius 1 is 0.565 bits per heavy atom. The number of quaternary nitrogens is 2. The van der Waals surface area contributed by atoms with Gasteiger partial charge in [0.05, 0.1) is 18.2 Å². The summed E-state index contributed by atoms with van der Waals surface area (Å²) in [5, 5.41) is 0. The zero-order valence-electron chi connectivity index (χ0n) is 22.7. The first-order chi connectivity index (χ1) is 20.3. The van der Waals surface area contributed by atoms with Gasteiger partial charge >= 0.3 is 23.4 Å². The molecule has 2 aromatic carbocycles. The second kappa shape index (κ2) is 12.7. The second-order valence-corrected chi connectivity index (χ2v) is 13.0. The molecule has 0 aromatic heterocycles. The minimum absolute atomic E-state index is 0.208. The molecule has 0 N–H and O–H groups in total. The van der Waals surface area contributed by atoms with Gasteiger partial charge in [-0.3, -0.25) is 0 Å². The first-order valence-corrected chi connectivity index (χ1v) is 14.9. The summed E-state index contributed by atoms with van der Waals surface area (Å²) in [6, 6.07) is 7.83. The van der Waals surface area contributed by atoms with Crippen LogP contribution in [-0.2, 0) is 32.6 Å². The lowest BCUT2D eigenvalue weighted by Gasteiger charge is -2.57. The molecule has 0 aliphatic carbocycles. The highest BCUT2D eigenvalue weighted by Crippen LogP contribution is 2.53. The van der Waals surface area contributed by atoms with Crippen LogP contribution in [0.2, 0.25) is 0 Å². The van der Waals surface area contributed by atoms with Crippen LogP contribution in [0, 0.1) is 0 Å². The van der Waals surface area contributed by atoms with Gasteiger partial charge in [-0.05, 0) is 28.7 Å². The summed E-state index contributed by atoms with van der Waals surface area (Å²) in [6.45, 7) is 1.41. The molecule has 46 heavy (non-hydrogen) atoms. The van der Waals surface area contributed by atoms with E-state index in [1.54, 1.807) is 0 Å². The van der Waals surface area contributed by atoms with Crippen molar-refractivity contribution in [2.24, 2.45) is 0 Å². The smallest absolute Gasteiger partial charge is 0.485 e. The molecule has 2 atom stereocenters. The Hall–Kier alpha value is -2.73. The lowest BCUT2D eigenvalue weighted by atomic mass is 9.83. The Morgan fingerprint density at radius 2 is 0.826 bits per heavy atom. The number of hydrogen-bond acceptors (Lipinski definition) is 6. The lowest BCUT2D eigenvalue weighted by Crippen LogP contribution is -2.72. The average Bonchev–Trinajstić information content (AvgIpc) is 2.86.